The molecule has 7 aromatic rings. The summed E-state index contributed by atoms with van der Waals surface area (Å²) < 4.78 is 44.6. The third-order valence-electron chi connectivity index (χ3n) is 13.6. The molecule has 0 atom stereocenters. The number of fused-ring (bicyclic) bond motifs is 6. The minimum atomic E-state index is 0.451. The van der Waals surface area contributed by atoms with Crippen molar-refractivity contribution in [3.63, 3.8) is 0 Å². The summed E-state index contributed by atoms with van der Waals surface area (Å²) in [6.07, 6.45) is 26.4. The monoisotopic (exact) mass is 1030 g/mol. The quantitative estimate of drug-likeness (QED) is 0.0338. The molecule has 0 saturated carbocycles. The molecule has 15 heteroatoms. The fraction of sp³-hybridized carbons (Fsp3) is 0.600. The molecule has 0 spiro atoms. The highest BCUT2D eigenvalue weighted by molar-refractivity contribution is 5.74. The number of hydrogen-bond donors (Lipinski definition) is 0. The lowest BCUT2D eigenvalue weighted by Crippen LogP contribution is -2.08. The van der Waals surface area contributed by atoms with E-state index in [1.54, 1.807) is 0 Å². The van der Waals surface area contributed by atoms with Gasteiger partial charge in [-0.05, 0) is 74.9 Å². The van der Waals surface area contributed by atoms with Crippen molar-refractivity contribution in [2.24, 2.45) is 0 Å². The second-order valence-corrected chi connectivity index (χ2v) is 20.0. The maximum Gasteiger partial charge on any atom is 0.247 e. The van der Waals surface area contributed by atoms with Crippen molar-refractivity contribution in [2.75, 3.05) is 39.6 Å². The van der Waals surface area contributed by atoms with Crippen LogP contribution in [0.2, 0.25) is 0 Å². The number of benzene rings is 3. The molecule has 75 heavy (non-hydrogen) atoms. The fourth-order valence-electron chi connectivity index (χ4n) is 9.29. The third-order valence-corrected chi connectivity index (χ3v) is 13.6. The summed E-state index contributed by atoms with van der Waals surface area (Å²) in [7, 11) is 0. The number of unbranched alkanes of at least 4 members (excludes halogenated alkanes) is 18. The highest BCUT2D eigenvalue weighted by atomic mass is 16.5. The first-order valence-corrected chi connectivity index (χ1v) is 29.1. The van der Waals surface area contributed by atoms with Crippen LogP contribution in [0.15, 0.2) is 54.6 Å². The standard InChI is InChI=1S/C60H87N9O6/c1-7-13-19-25-31-70-49-37-46(38-50(43-49)71-32-26-20-14-8-2)55-61-64-58-67(55)59-65-62-56(47-39-51(72-33-27-21-15-9-3)44-52(40-47)73-34-28-22-16-10-4)69(59)60-66-63-57(68(58)60)48-41-53(74-35-29-23-17-11-5)45-54(42-48)75-36-30-24-18-12-6/h37-45H,7-36H2,1-6H3. The molecule has 0 N–H and O–H groups in total. The molecule has 0 aliphatic heterocycles. The minimum absolute atomic E-state index is 0.451. The average Bonchev–Trinajstić information content (AvgIpc) is 4.22. The Labute approximate surface area is 446 Å². The maximum absolute atomic E-state index is 6.46. The molecule has 15 nitrogen and oxygen atoms in total. The van der Waals surface area contributed by atoms with Crippen molar-refractivity contribution < 1.29 is 28.4 Å². The van der Waals surface area contributed by atoms with E-state index in [2.05, 4.69) is 41.5 Å². The first-order chi connectivity index (χ1) is 37.0. The third kappa shape index (κ3) is 16.2. The van der Waals surface area contributed by atoms with Gasteiger partial charge in [-0.15, -0.1) is 30.6 Å². The summed E-state index contributed by atoms with van der Waals surface area (Å²) >= 11 is 0. The Morgan fingerprint density at radius 1 is 0.253 bits per heavy atom. The van der Waals surface area contributed by atoms with Crippen LogP contribution >= 0.6 is 0 Å². The van der Waals surface area contributed by atoms with Gasteiger partial charge in [-0.2, -0.15) is 0 Å². The van der Waals surface area contributed by atoms with Crippen LogP contribution in [0.3, 0.4) is 0 Å². The second-order valence-electron chi connectivity index (χ2n) is 20.0. The molecular formula is C60H87N9O6. The predicted octanol–water partition coefficient (Wildman–Crippen LogP) is 15.6. The zero-order valence-electron chi connectivity index (χ0n) is 46.4. The van der Waals surface area contributed by atoms with Crippen LogP contribution in [-0.2, 0) is 0 Å². The zero-order chi connectivity index (χ0) is 52.5. The Balaban J connectivity index is 1.41. The van der Waals surface area contributed by atoms with Crippen LogP contribution in [0.1, 0.15) is 196 Å². The maximum atomic E-state index is 6.46. The number of rotatable bonds is 39. The summed E-state index contributed by atoms with van der Waals surface area (Å²) in [5.41, 5.74) is 2.27. The van der Waals surface area contributed by atoms with E-state index in [1.165, 1.54) is 38.5 Å². The van der Waals surface area contributed by atoms with E-state index in [-0.39, 0.29) is 0 Å². The van der Waals surface area contributed by atoms with E-state index in [0.29, 0.717) is 109 Å². The van der Waals surface area contributed by atoms with Gasteiger partial charge in [-0.25, -0.2) is 13.2 Å². The molecule has 0 fully saturated rings. The normalized spacial score (nSPS) is 11.6. The molecular weight excluding hydrogens is 943 g/mol. The Hall–Kier alpha value is -6.12. The van der Waals surface area contributed by atoms with E-state index in [4.69, 9.17) is 59.0 Å². The molecule has 0 saturated heterocycles. The first kappa shape index (κ1) is 56.6. The van der Waals surface area contributed by atoms with Gasteiger partial charge in [-0.3, -0.25) is 0 Å². The molecule has 0 unspecified atom stereocenters. The molecule has 0 radical (unpaired) electrons. The van der Waals surface area contributed by atoms with Crippen molar-refractivity contribution in [1.29, 1.82) is 0 Å². The van der Waals surface area contributed by atoms with Crippen molar-refractivity contribution >= 4 is 17.3 Å². The average molecular weight is 1030 g/mol. The van der Waals surface area contributed by atoms with Crippen molar-refractivity contribution in [3.8, 4) is 68.7 Å². The van der Waals surface area contributed by atoms with Crippen LogP contribution in [-0.4, -0.2) is 83.4 Å². The molecule has 3 aromatic carbocycles. The number of hydrogen-bond acceptors (Lipinski definition) is 12. The summed E-state index contributed by atoms with van der Waals surface area (Å²) in [5.74, 6) is 7.17. The van der Waals surface area contributed by atoms with Gasteiger partial charge < -0.3 is 28.4 Å². The van der Waals surface area contributed by atoms with Gasteiger partial charge in [0.1, 0.15) is 34.5 Å². The molecule has 0 aliphatic rings. The topological polar surface area (TPSA) is 146 Å². The van der Waals surface area contributed by atoms with Crippen molar-refractivity contribution in [1.82, 2.24) is 43.8 Å². The molecule has 7 rings (SSSR count). The van der Waals surface area contributed by atoms with Crippen LogP contribution in [0.25, 0.3) is 51.5 Å². The van der Waals surface area contributed by atoms with Gasteiger partial charge in [-0.1, -0.05) is 157 Å². The molecule has 0 amide bonds. The minimum Gasteiger partial charge on any atom is -0.493 e. The van der Waals surface area contributed by atoms with Gasteiger partial charge in [0.15, 0.2) is 17.5 Å². The first-order valence-electron chi connectivity index (χ1n) is 29.1. The van der Waals surface area contributed by atoms with Crippen molar-refractivity contribution in [2.45, 2.75) is 196 Å². The molecule has 4 heterocycles. The molecule has 4 aromatic heterocycles. The lowest BCUT2D eigenvalue weighted by molar-refractivity contribution is 0.290. The molecule has 0 aliphatic carbocycles. The van der Waals surface area contributed by atoms with Gasteiger partial charge in [0.25, 0.3) is 0 Å². The van der Waals surface area contributed by atoms with Gasteiger partial charge in [0.2, 0.25) is 17.3 Å². The number of ether oxygens (including phenoxy) is 6. The molecule has 408 valence electrons. The van der Waals surface area contributed by atoms with E-state index in [9.17, 15) is 0 Å². The van der Waals surface area contributed by atoms with E-state index >= 15 is 0 Å². The van der Waals surface area contributed by atoms with Crippen LogP contribution in [0, 0.1) is 0 Å². The SMILES string of the molecule is CCCCCCOc1cc(OCCCCCC)cc(-c2nnc3n2c2nnc(-c4cc(OCCCCCC)cc(OCCCCCC)c4)n2c2nnc(-c4cc(OCCCCCC)cc(OCCCCCC)c4)n32)c1. The summed E-state index contributed by atoms with van der Waals surface area (Å²) in [6, 6.07) is 18.0. The molecule has 0 bridgehead atoms. The second kappa shape index (κ2) is 31.1. The van der Waals surface area contributed by atoms with Gasteiger partial charge in [0.05, 0.1) is 39.6 Å². The number of aromatic nitrogens is 9. The Morgan fingerprint density at radius 3 is 0.640 bits per heavy atom. The zero-order valence-corrected chi connectivity index (χ0v) is 46.4. The van der Waals surface area contributed by atoms with Gasteiger partial charge in [0, 0.05) is 34.9 Å². The number of nitrogens with zero attached hydrogens (tertiary/aromatic N) is 9. The van der Waals surface area contributed by atoms with Crippen LogP contribution < -0.4 is 28.4 Å². The summed E-state index contributed by atoms with van der Waals surface area (Å²) in [6.45, 7) is 16.9. The lowest BCUT2D eigenvalue weighted by Gasteiger charge is -2.14. The Kier molecular flexibility index (Phi) is 23.4. The predicted molar refractivity (Wildman–Crippen MR) is 300 cm³/mol. The van der Waals surface area contributed by atoms with Crippen LogP contribution in [0.4, 0.5) is 0 Å². The van der Waals surface area contributed by atoms with E-state index < -0.39 is 0 Å². The van der Waals surface area contributed by atoms with E-state index in [1.807, 2.05) is 67.8 Å². The highest BCUT2D eigenvalue weighted by Crippen LogP contribution is 2.36. The largest absolute Gasteiger partial charge is 0.493 e. The van der Waals surface area contributed by atoms with Crippen molar-refractivity contribution in [3.05, 3.63) is 54.6 Å². The summed E-state index contributed by atoms with van der Waals surface area (Å²) in [4.78, 5) is 0. The fourth-order valence-corrected chi connectivity index (χ4v) is 9.29. The Morgan fingerprint density at radius 2 is 0.453 bits per heavy atom. The highest BCUT2D eigenvalue weighted by Gasteiger charge is 2.26. The lowest BCUT2D eigenvalue weighted by atomic mass is 10.1. The summed E-state index contributed by atoms with van der Waals surface area (Å²) in [5, 5.41) is 29.6. The smallest absolute Gasteiger partial charge is 0.247 e. The van der Waals surface area contributed by atoms with E-state index in [0.717, 1.165) is 132 Å². The van der Waals surface area contributed by atoms with Gasteiger partial charge >= 0.3 is 0 Å². The Bertz CT molecular complexity index is 2340. The van der Waals surface area contributed by atoms with Crippen LogP contribution in [0.5, 0.6) is 34.5 Å².